The number of rotatable bonds is 5. The molecule has 2 amide bonds. The molecule has 1 aliphatic rings. The molecule has 0 aromatic heterocycles. The summed E-state index contributed by atoms with van der Waals surface area (Å²) in [6, 6.07) is 12.9. The van der Waals surface area contributed by atoms with Crippen molar-refractivity contribution in [2.75, 3.05) is 30.3 Å². The molecular formula is C22H27N3O2. The summed E-state index contributed by atoms with van der Waals surface area (Å²) in [5, 5.41) is 5.89. The Morgan fingerprint density at radius 3 is 2.15 bits per heavy atom. The van der Waals surface area contributed by atoms with Crippen LogP contribution in [0.4, 0.5) is 11.4 Å². The van der Waals surface area contributed by atoms with Crippen molar-refractivity contribution in [2.45, 2.75) is 33.1 Å². The van der Waals surface area contributed by atoms with E-state index in [1.165, 1.54) is 6.42 Å². The number of para-hydroxylation sites is 1. The maximum Gasteiger partial charge on any atom is 0.255 e. The summed E-state index contributed by atoms with van der Waals surface area (Å²) in [7, 11) is 0. The van der Waals surface area contributed by atoms with Gasteiger partial charge in [0.2, 0.25) is 5.91 Å². The summed E-state index contributed by atoms with van der Waals surface area (Å²) >= 11 is 0. The lowest BCUT2D eigenvalue weighted by molar-refractivity contribution is -0.117. The molecule has 1 saturated heterocycles. The first-order valence-electron chi connectivity index (χ1n) is 9.53. The van der Waals surface area contributed by atoms with Crippen LogP contribution < -0.4 is 10.6 Å². The van der Waals surface area contributed by atoms with Gasteiger partial charge in [-0.3, -0.25) is 14.5 Å². The number of piperidine rings is 1. The summed E-state index contributed by atoms with van der Waals surface area (Å²) in [6.45, 7) is 6.36. The highest BCUT2D eigenvalue weighted by Crippen LogP contribution is 2.20. The topological polar surface area (TPSA) is 61.4 Å². The van der Waals surface area contributed by atoms with E-state index in [-0.39, 0.29) is 11.8 Å². The average Bonchev–Trinajstić information content (AvgIpc) is 2.66. The van der Waals surface area contributed by atoms with Gasteiger partial charge in [-0.25, -0.2) is 0 Å². The molecule has 1 heterocycles. The number of hydrogen-bond donors (Lipinski definition) is 2. The number of carbonyl (C=O) groups excluding carboxylic acids is 2. The van der Waals surface area contributed by atoms with E-state index in [2.05, 4.69) is 15.5 Å². The van der Waals surface area contributed by atoms with Crippen LogP contribution >= 0.6 is 0 Å². The van der Waals surface area contributed by atoms with E-state index in [1.807, 2.05) is 32.0 Å². The van der Waals surface area contributed by atoms with Crippen LogP contribution in [0.2, 0.25) is 0 Å². The Hall–Kier alpha value is -2.66. The Balaban J connectivity index is 1.57. The number of hydrogen-bond acceptors (Lipinski definition) is 3. The summed E-state index contributed by atoms with van der Waals surface area (Å²) in [4.78, 5) is 26.9. The van der Waals surface area contributed by atoms with Crippen molar-refractivity contribution in [3.05, 3.63) is 59.2 Å². The van der Waals surface area contributed by atoms with Crippen molar-refractivity contribution in [3.8, 4) is 0 Å². The molecule has 0 saturated carbocycles. The minimum absolute atomic E-state index is 0.00960. The highest BCUT2D eigenvalue weighted by atomic mass is 16.2. The lowest BCUT2D eigenvalue weighted by atomic mass is 10.1. The molecule has 0 bridgehead atoms. The Morgan fingerprint density at radius 1 is 0.889 bits per heavy atom. The maximum atomic E-state index is 12.5. The minimum atomic E-state index is -0.154. The first kappa shape index (κ1) is 19.1. The average molecular weight is 365 g/mol. The number of carbonyl (C=O) groups is 2. The quantitative estimate of drug-likeness (QED) is 0.842. The molecule has 5 nitrogen and oxygen atoms in total. The van der Waals surface area contributed by atoms with Gasteiger partial charge in [0.25, 0.3) is 5.91 Å². The van der Waals surface area contributed by atoms with Crippen molar-refractivity contribution < 1.29 is 9.59 Å². The normalized spacial score (nSPS) is 14.6. The number of amides is 2. The Labute approximate surface area is 160 Å². The van der Waals surface area contributed by atoms with Gasteiger partial charge in [-0.05, 0) is 75.2 Å². The van der Waals surface area contributed by atoms with E-state index < -0.39 is 0 Å². The monoisotopic (exact) mass is 365 g/mol. The van der Waals surface area contributed by atoms with Crippen LogP contribution in [0.15, 0.2) is 42.5 Å². The van der Waals surface area contributed by atoms with Crippen LogP contribution in [-0.4, -0.2) is 36.3 Å². The second-order valence-electron chi connectivity index (χ2n) is 7.18. The first-order chi connectivity index (χ1) is 13.0. The van der Waals surface area contributed by atoms with Crippen molar-refractivity contribution in [1.82, 2.24) is 4.90 Å². The van der Waals surface area contributed by atoms with E-state index in [9.17, 15) is 9.59 Å². The lowest BCUT2D eigenvalue weighted by Gasteiger charge is -2.25. The van der Waals surface area contributed by atoms with E-state index in [4.69, 9.17) is 0 Å². The zero-order chi connectivity index (χ0) is 19.2. The highest BCUT2D eigenvalue weighted by molar-refractivity contribution is 6.05. The van der Waals surface area contributed by atoms with E-state index in [0.29, 0.717) is 17.8 Å². The van der Waals surface area contributed by atoms with Gasteiger partial charge in [-0.15, -0.1) is 0 Å². The molecule has 142 valence electrons. The van der Waals surface area contributed by atoms with Crippen molar-refractivity contribution >= 4 is 23.2 Å². The lowest BCUT2D eigenvalue weighted by Crippen LogP contribution is -2.36. The molecule has 0 aliphatic carbocycles. The van der Waals surface area contributed by atoms with Crippen molar-refractivity contribution in [2.24, 2.45) is 0 Å². The standard InChI is InChI=1S/C22H27N3O2/c1-16-7-6-8-17(2)21(16)24-22(27)18-9-11-19(12-10-18)23-20(26)15-25-13-4-3-5-14-25/h6-12H,3-5,13-15H2,1-2H3,(H,23,26)(H,24,27). The molecule has 1 aliphatic heterocycles. The molecule has 5 heteroatoms. The van der Waals surface area contributed by atoms with Crippen LogP contribution in [0.5, 0.6) is 0 Å². The molecule has 0 atom stereocenters. The predicted octanol–water partition coefficient (Wildman–Crippen LogP) is 3.98. The molecule has 2 N–H and O–H groups in total. The fraction of sp³-hybridized carbons (Fsp3) is 0.364. The molecule has 0 unspecified atom stereocenters. The van der Waals surface area contributed by atoms with E-state index in [1.54, 1.807) is 24.3 Å². The minimum Gasteiger partial charge on any atom is -0.325 e. The third-order valence-corrected chi connectivity index (χ3v) is 4.97. The Bertz CT molecular complexity index is 789. The smallest absolute Gasteiger partial charge is 0.255 e. The number of likely N-dealkylation sites (tertiary alicyclic amines) is 1. The molecule has 1 fully saturated rings. The third kappa shape index (κ3) is 5.17. The number of anilines is 2. The predicted molar refractivity (Wildman–Crippen MR) is 109 cm³/mol. The SMILES string of the molecule is Cc1cccc(C)c1NC(=O)c1ccc(NC(=O)CN2CCCCC2)cc1. The van der Waals surface area contributed by atoms with Gasteiger partial charge >= 0.3 is 0 Å². The van der Waals surface area contributed by atoms with Crippen molar-refractivity contribution in [1.29, 1.82) is 0 Å². The largest absolute Gasteiger partial charge is 0.325 e. The van der Waals surface area contributed by atoms with Crippen LogP contribution in [0.3, 0.4) is 0 Å². The molecule has 0 spiro atoms. The third-order valence-electron chi connectivity index (χ3n) is 4.97. The van der Waals surface area contributed by atoms with Gasteiger partial charge in [0.15, 0.2) is 0 Å². The van der Waals surface area contributed by atoms with Crippen LogP contribution in [-0.2, 0) is 4.79 Å². The second kappa shape index (κ2) is 8.82. The van der Waals surface area contributed by atoms with E-state index >= 15 is 0 Å². The molecule has 0 radical (unpaired) electrons. The number of aryl methyl sites for hydroxylation is 2. The Morgan fingerprint density at radius 2 is 1.52 bits per heavy atom. The molecule has 2 aromatic carbocycles. The number of benzene rings is 2. The van der Waals surface area contributed by atoms with Gasteiger partial charge < -0.3 is 10.6 Å². The van der Waals surface area contributed by atoms with Crippen molar-refractivity contribution in [3.63, 3.8) is 0 Å². The fourth-order valence-electron chi connectivity index (χ4n) is 3.42. The summed E-state index contributed by atoms with van der Waals surface area (Å²) in [5.74, 6) is -0.164. The zero-order valence-electron chi connectivity index (χ0n) is 16.0. The number of nitrogens with one attached hydrogen (secondary N) is 2. The second-order valence-corrected chi connectivity index (χ2v) is 7.18. The zero-order valence-corrected chi connectivity index (χ0v) is 16.0. The summed E-state index contributed by atoms with van der Waals surface area (Å²) < 4.78 is 0. The molecule has 3 rings (SSSR count). The highest BCUT2D eigenvalue weighted by Gasteiger charge is 2.14. The van der Waals surface area contributed by atoms with Gasteiger partial charge in [-0.1, -0.05) is 24.6 Å². The number of nitrogens with zero attached hydrogens (tertiary/aromatic N) is 1. The van der Waals surface area contributed by atoms with Crippen LogP contribution in [0, 0.1) is 13.8 Å². The van der Waals surface area contributed by atoms with Gasteiger partial charge in [0.1, 0.15) is 0 Å². The van der Waals surface area contributed by atoms with Gasteiger partial charge in [0, 0.05) is 16.9 Å². The molecule has 27 heavy (non-hydrogen) atoms. The maximum absolute atomic E-state index is 12.5. The molecule has 2 aromatic rings. The fourth-order valence-corrected chi connectivity index (χ4v) is 3.42. The summed E-state index contributed by atoms with van der Waals surface area (Å²) in [6.07, 6.45) is 3.58. The first-order valence-corrected chi connectivity index (χ1v) is 9.53. The molecular weight excluding hydrogens is 338 g/mol. The summed E-state index contributed by atoms with van der Waals surface area (Å²) in [5.41, 5.74) is 4.18. The van der Waals surface area contributed by atoms with Gasteiger partial charge in [-0.2, -0.15) is 0 Å². The Kier molecular flexibility index (Phi) is 6.24. The van der Waals surface area contributed by atoms with E-state index in [0.717, 1.165) is 42.7 Å². The van der Waals surface area contributed by atoms with Gasteiger partial charge in [0.05, 0.1) is 6.54 Å². The van der Waals surface area contributed by atoms with Crippen LogP contribution in [0.1, 0.15) is 40.7 Å². The van der Waals surface area contributed by atoms with Crippen LogP contribution in [0.25, 0.3) is 0 Å².